The molecule has 0 radical (unpaired) electrons. The fraction of sp³-hybridized carbons (Fsp3) is 0.200. The van der Waals surface area contributed by atoms with Gasteiger partial charge in [-0.25, -0.2) is 4.79 Å². The molecule has 0 aliphatic heterocycles. The Morgan fingerprint density at radius 1 is 1.27 bits per heavy atom. The van der Waals surface area contributed by atoms with Gasteiger partial charge in [-0.05, 0) is 50.1 Å². The molecule has 0 saturated carbocycles. The molecule has 1 heterocycles. The molecule has 6 heteroatoms. The summed E-state index contributed by atoms with van der Waals surface area (Å²) in [4.78, 5) is 27.7. The van der Waals surface area contributed by atoms with Gasteiger partial charge in [0.15, 0.2) is 0 Å². The molecule has 1 aromatic heterocycles. The van der Waals surface area contributed by atoms with Gasteiger partial charge >= 0.3 is 5.97 Å². The van der Waals surface area contributed by atoms with E-state index in [1.807, 2.05) is 12.1 Å². The van der Waals surface area contributed by atoms with E-state index >= 15 is 0 Å². The van der Waals surface area contributed by atoms with Crippen LogP contribution >= 0.6 is 0 Å². The number of aryl methyl sites for hydroxylation is 1. The third-order valence-corrected chi connectivity index (χ3v) is 3.84. The van der Waals surface area contributed by atoms with E-state index in [0.717, 1.165) is 0 Å². The second-order valence-electron chi connectivity index (χ2n) is 5.58. The summed E-state index contributed by atoms with van der Waals surface area (Å²) in [6, 6.07) is 10.5. The van der Waals surface area contributed by atoms with E-state index in [0.29, 0.717) is 27.9 Å². The van der Waals surface area contributed by atoms with E-state index in [4.69, 9.17) is 10.00 Å². The minimum atomic E-state index is -0.522. The van der Waals surface area contributed by atoms with Crippen LogP contribution in [0.1, 0.15) is 50.2 Å². The van der Waals surface area contributed by atoms with E-state index in [-0.39, 0.29) is 17.9 Å². The van der Waals surface area contributed by atoms with Crippen LogP contribution in [0.3, 0.4) is 0 Å². The van der Waals surface area contributed by atoms with E-state index < -0.39 is 11.8 Å². The second-order valence-corrected chi connectivity index (χ2v) is 5.58. The predicted molar refractivity (Wildman–Crippen MR) is 95.3 cm³/mol. The number of esters is 1. The van der Waals surface area contributed by atoms with Gasteiger partial charge in [0.1, 0.15) is 11.6 Å². The number of nitrogens with zero attached hydrogens (tertiary/aromatic N) is 2. The third-order valence-electron chi connectivity index (χ3n) is 3.84. The average Bonchev–Trinajstić information content (AvgIpc) is 2.93. The topological polar surface area (TPSA) is 107 Å². The highest BCUT2D eigenvalue weighted by Crippen LogP contribution is 2.22. The number of hydrogen-bond donors (Lipinski definition) is 1. The molecule has 2 rings (SSSR count). The molecule has 1 N–H and O–H groups in total. The van der Waals surface area contributed by atoms with Crippen molar-refractivity contribution in [3.05, 3.63) is 63.5 Å². The maximum absolute atomic E-state index is 12.8. The lowest BCUT2D eigenvalue weighted by Gasteiger charge is -2.03. The number of Topliss-reactive ketones (excluding diaryl/α,β-unsaturated/α-hetero) is 1. The molecule has 0 fully saturated rings. The molecule has 2 aromatic rings. The first-order valence-electron chi connectivity index (χ1n) is 7.95. The lowest BCUT2D eigenvalue weighted by atomic mass is 10.0. The van der Waals surface area contributed by atoms with Gasteiger partial charge in [0, 0.05) is 5.69 Å². The molecule has 1 aromatic carbocycles. The molecular formula is C20H17N3O3. The van der Waals surface area contributed by atoms with Gasteiger partial charge < -0.3 is 9.72 Å². The zero-order chi connectivity index (χ0) is 19.3. The fourth-order valence-corrected chi connectivity index (χ4v) is 2.63. The highest BCUT2D eigenvalue weighted by Gasteiger charge is 2.24. The van der Waals surface area contributed by atoms with Gasteiger partial charge in [-0.1, -0.05) is 12.1 Å². The molecular weight excluding hydrogens is 330 g/mol. The number of H-pyrrole nitrogens is 1. The van der Waals surface area contributed by atoms with Gasteiger partial charge in [0.05, 0.1) is 29.5 Å². The molecule has 0 bridgehead atoms. The lowest BCUT2D eigenvalue weighted by molar-refractivity contribution is 0.0525. The normalized spacial score (nSPS) is 10.7. The Bertz CT molecular complexity index is 985. The zero-order valence-corrected chi connectivity index (χ0v) is 14.7. The maximum atomic E-state index is 12.8. The van der Waals surface area contributed by atoms with E-state index in [1.54, 1.807) is 45.0 Å². The first kappa shape index (κ1) is 18.7. The first-order valence-corrected chi connectivity index (χ1v) is 7.95. The summed E-state index contributed by atoms with van der Waals surface area (Å²) < 4.78 is 5.01. The Morgan fingerprint density at radius 3 is 2.62 bits per heavy atom. The molecule has 0 atom stereocenters. The highest BCUT2D eigenvalue weighted by atomic mass is 16.5. The Labute approximate surface area is 151 Å². The number of allylic oxidation sites excluding steroid dienone is 1. The second kappa shape index (κ2) is 7.96. The molecule has 6 nitrogen and oxygen atoms in total. The summed E-state index contributed by atoms with van der Waals surface area (Å²) >= 11 is 0. The van der Waals surface area contributed by atoms with Crippen LogP contribution in [0.5, 0.6) is 0 Å². The van der Waals surface area contributed by atoms with Crippen LogP contribution in [0.4, 0.5) is 0 Å². The number of aromatic amines is 1. The summed E-state index contributed by atoms with van der Waals surface area (Å²) in [5, 5.41) is 18.4. The zero-order valence-electron chi connectivity index (χ0n) is 14.7. The third kappa shape index (κ3) is 3.71. The Hall–Kier alpha value is -3.64. The van der Waals surface area contributed by atoms with Crippen LogP contribution in [0, 0.1) is 36.5 Å². The SMILES string of the molecule is CCOC(=O)c1c(C)[nH]c(C(=O)/C(C#N)=C/c2cccc(C#N)c2)c1C. The van der Waals surface area contributed by atoms with Gasteiger partial charge in [-0.2, -0.15) is 10.5 Å². The van der Waals surface area contributed by atoms with Crippen molar-refractivity contribution in [3.8, 4) is 12.1 Å². The smallest absolute Gasteiger partial charge is 0.340 e. The highest BCUT2D eigenvalue weighted by molar-refractivity contribution is 6.15. The molecule has 0 spiro atoms. The number of ketones is 1. The number of rotatable bonds is 5. The van der Waals surface area contributed by atoms with Crippen molar-refractivity contribution in [1.82, 2.24) is 4.98 Å². The van der Waals surface area contributed by atoms with Crippen molar-refractivity contribution in [2.45, 2.75) is 20.8 Å². The van der Waals surface area contributed by atoms with E-state index in [9.17, 15) is 14.9 Å². The number of carbonyl (C=O) groups excluding carboxylic acids is 2. The minimum absolute atomic E-state index is 0.0974. The quantitative estimate of drug-likeness (QED) is 0.386. The van der Waals surface area contributed by atoms with Crippen LogP contribution in [-0.4, -0.2) is 23.3 Å². The van der Waals surface area contributed by atoms with Crippen LogP contribution in [0.25, 0.3) is 6.08 Å². The van der Waals surface area contributed by atoms with Gasteiger partial charge in [-0.15, -0.1) is 0 Å². The average molecular weight is 347 g/mol. The summed E-state index contributed by atoms with van der Waals surface area (Å²) in [6.07, 6.45) is 1.42. The molecule has 0 aliphatic carbocycles. The standard InChI is InChI=1S/C20H17N3O3/c1-4-26-20(25)17-12(2)18(23-13(17)3)19(24)16(11-22)9-14-6-5-7-15(8-14)10-21/h5-9,23H,4H2,1-3H3/b16-9+. The van der Waals surface area contributed by atoms with Crippen LogP contribution in [-0.2, 0) is 4.74 Å². The van der Waals surface area contributed by atoms with E-state index in [2.05, 4.69) is 4.98 Å². The fourth-order valence-electron chi connectivity index (χ4n) is 2.63. The van der Waals surface area contributed by atoms with Gasteiger partial charge in [0.25, 0.3) is 0 Å². The monoisotopic (exact) mass is 347 g/mol. The molecule has 0 amide bonds. The van der Waals surface area contributed by atoms with Crippen molar-refractivity contribution >= 4 is 17.8 Å². The van der Waals surface area contributed by atoms with Crippen LogP contribution in [0.15, 0.2) is 29.8 Å². The van der Waals surface area contributed by atoms with Crippen molar-refractivity contribution in [1.29, 1.82) is 10.5 Å². The summed E-state index contributed by atoms with van der Waals surface area (Å²) in [6.45, 7) is 5.23. The maximum Gasteiger partial charge on any atom is 0.340 e. The number of nitriles is 2. The number of nitrogens with one attached hydrogen (secondary N) is 1. The summed E-state index contributed by atoms with van der Waals surface area (Å²) in [7, 11) is 0. The number of hydrogen-bond acceptors (Lipinski definition) is 5. The van der Waals surface area contributed by atoms with Crippen molar-refractivity contribution < 1.29 is 14.3 Å². The molecule has 0 aliphatic rings. The van der Waals surface area contributed by atoms with Gasteiger partial charge in [-0.3, -0.25) is 4.79 Å². The predicted octanol–water partition coefficient (Wildman–Crippen LogP) is 3.47. The molecule has 130 valence electrons. The van der Waals surface area contributed by atoms with Crippen molar-refractivity contribution in [2.24, 2.45) is 0 Å². The number of aromatic nitrogens is 1. The van der Waals surface area contributed by atoms with Crippen LogP contribution in [0.2, 0.25) is 0 Å². The van der Waals surface area contributed by atoms with Crippen LogP contribution < -0.4 is 0 Å². The van der Waals surface area contributed by atoms with Gasteiger partial charge in [0.2, 0.25) is 5.78 Å². The Balaban J connectivity index is 2.45. The number of benzene rings is 1. The lowest BCUT2D eigenvalue weighted by Crippen LogP contribution is -2.08. The molecule has 26 heavy (non-hydrogen) atoms. The Kier molecular flexibility index (Phi) is 5.72. The summed E-state index contributed by atoms with van der Waals surface area (Å²) in [5.41, 5.74) is 2.33. The summed E-state index contributed by atoms with van der Waals surface area (Å²) in [5.74, 6) is -1.03. The Morgan fingerprint density at radius 2 is 2.00 bits per heavy atom. The first-order chi connectivity index (χ1) is 12.4. The molecule has 0 saturated heterocycles. The van der Waals surface area contributed by atoms with Crippen molar-refractivity contribution in [3.63, 3.8) is 0 Å². The number of ether oxygens (including phenoxy) is 1. The largest absolute Gasteiger partial charge is 0.462 e. The van der Waals surface area contributed by atoms with E-state index in [1.165, 1.54) is 6.08 Å². The van der Waals surface area contributed by atoms with Crippen molar-refractivity contribution in [2.75, 3.05) is 6.61 Å². The minimum Gasteiger partial charge on any atom is -0.462 e. The molecule has 0 unspecified atom stereocenters. The number of carbonyl (C=O) groups is 2.